The minimum absolute atomic E-state index is 0.0273. The van der Waals surface area contributed by atoms with Crippen molar-refractivity contribution in [3.05, 3.63) is 4.91 Å². The van der Waals surface area contributed by atoms with Crippen molar-refractivity contribution in [3.63, 3.8) is 0 Å². The predicted molar refractivity (Wildman–Crippen MR) is 42.2 cm³/mol. The third-order valence-corrected chi connectivity index (χ3v) is 1.87. The molecule has 1 rings (SSSR count). The molecule has 0 unspecified atom stereocenters. The molecule has 0 spiro atoms. The molecule has 0 aliphatic carbocycles. The number of hydrogen-bond donors (Lipinski definition) is 0. The van der Waals surface area contributed by atoms with Gasteiger partial charge in [-0.1, -0.05) is 0 Å². The van der Waals surface area contributed by atoms with Crippen molar-refractivity contribution in [3.8, 4) is 0 Å². The molecule has 0 aromatic rings. The van der Waals surface area contributed by atoms with Crippen LogP contribution in [0.25, 0.3) is 0 Å². The molecule has 5 heteroatoms. The van der Waals surface area contributed by atoms with Gasteiger partial charge in [0.2, 0.25) is 0 Å². The molecular formula is C7H12N2O3. The van der Waals surface area contributed by atoms with Crippen LogP contribution >= 0.6 is 0 Å². The van der Waals surface area contributed by atoms with Crippen molar-refractivity contribution in [2.24, 2.45) is 5.29 Å². The van der Waals surface area contributed by atoms with Crippen LogP contribution in [0.5, 0.6) is 0 Å². The van der Waals surface area contributed by atoms with Crippen LogP contribution in [0.1, 0.15) is 19.8 Å². The van der Waals surface area contributed by atoms with E-state index in [1.54, 1.807) is 0 Å². The minimum Gasteiger partial charge on any atom is -0.462 e. The highest BCUT2D eigenvalue weighted by atomic mass is 16.5. The van der Waals surface area contributed by atoms with E-state index in [9.17, 15) is 9.70 Å². The van der Waals surface area contributed by atoms with Gasteiger partial charge in [0.1, 0.15) is 6.10 Å². The number of rotatable bonds is 2. The van der Waals surface area contributed by atoms with Gasteiger partial charge in [0.15, 0.2) is 0 Å². The zero-order valence-electron chi connectivity index (χ0n) is 7.02. The van der Waals surface area contributed by atoms with Crippen LogP contribution in [0.2, 0.25) is 0 Å². The van der Waals surface area contributed by atoms with Gasteiger partial charge in [-0.15, -0.1) is 4.91 Å². The lowest BCUT2D eigenvalue weighted by Crippen LogP contribution is -2.34. The normalized spacial score (nSPS) is 18.9. The Morgan fingerprint density at radius 2 is 2.08 bits per heavy atom. The van der Waals surface area contributed by atoms with Crippen LogP contribution in [0, 0.1) is 4.91 Å². The molecule has 1 aliphatic heterocycles. The summed E-state index contributed by atoms with van der Waals surface area (Å²) in [6, 6.07) is 0. The van der Waals surface area contributed by atoms with Gasteiger partial charge >= 0.3 is 5.97 Å². The zero-order valence-corrected chi connectivity index (χ0v) is 7.02. The fourth-order valence-electron chi connectivity index (χ4n) is 1.28. The summed E-state index contributed by atoms with van der Waals surface area (Å²) in [5, 5.41) is 4.25. The van der Waals surface area contributed by atoms with Crippen LogP contribution in [0.4, 0.5) is 0 Å². The Hall–Kier alpha value is -1.13. The van der Waals surface area contributed by atoms with E-state index in [2.05, 4.69) is 5.29 Å². The van der Waals surface area contributed by atoms with Gasteiger partial charge in [-0.3, -0.25) is 9.80 Å². The lowest BCUT2D eigenvalue weighted by Gasteiger charge is -2.26. The summed E-state index contributed by atoms with van der Waals surface area (Å²) in [5.74, 6) is -0.257. The standard InChI is InChI=1S/C7H12N2O3/c1-6(10)12-7-2-4-9(8-11)5-3-7/h7H,2-5H2,1H3. The molecule has 12 heavy (non-hydrogen) atoms. The second-order valence-electron chi connectivity index (χ2n) is 2.84. The largest absolute Gasteiger partial charge is 0.462 e. The van der Waals surface area contributed by atoms with Gasteiger partial charge in [0.25, 0.3) is 0 Å². The Morgan fingerprint density at radius 3 is 2.50 bits per heavy atom. The fraction of sp³-hybridized carbons (Fsp3) is 0.857. The number of esters is 1. The maximum atomic E-state index is 10.5. The predicted octanol–water partition coefficient (Wildman–Crippen LogP) is 0.695. The first-order valence-electron chi connectivity index (χ1n) is 3.98. The molecule has 5 nitrogen and oxygen atoms in total. The van der Waals surface area contributed by atoms with Crippen molar-refractivity contribution < 1.29 is 9.53 Å². The quantitative estimate of drug-likeness (QED) is 0.454. The summed E-state index contributed by atoms with van der Waals surface area (Å²) in [5.41, 5.74) is 0. The van der Waals surface area contributed by atoms with Crippen LogP contribution in [0.15, 0.2) is 5.29 Å². The Balaban J connectivity index is 2.26. The molecule has 0 atom stereocenters. The maximum Gasteiger partial charge on any atom is 0.302 e. The van der Waals surface area contributed by atoms with E-state index in [1.165, 1.54) is 11.9 Å². The van der Waals surface area contributed by atoms with E-state index in [4.69, 9.17) is 4.74 Å². The van der Waals surface area contributed by atoms with Crippen LogP contribution < -0.4 is 0 Å². The van der Waals surface area contributed by atoms with Gasteiger partial charge in [-0.2, -0.15) is 0 Å². The highest BCUT2D eigenvalue weighted by molar-refractivity contribution is 5.66. The van der Waals surface area contributed by atoms with Gasteiger partial charge in [0.05, 0.1) is 5.29 Å². The van der Waals surface area contributed by atoms with Gasteiger partial charge in [-0.05, 0) is 0 Å². The first kappa shape index (κ1) is 8.96. The van der Waals surface area contributed by atoms with E-state index in [0.29, 0.717) is 25.9 Å². The van der Waals surface area contributed by atoms with E-state index < -0.39 is 0 Å². The first-order valence-corrected chi connectivity index (χ1v) is 3.98. The van der Waals surface area contributed by atoms with Crippen molar-refractivity contribution in [1.82, 2.24) is 5.01 Å². The van der Waals surface area contributed by atoms with Crippen LogP contribution in [-0.4, -0.2) is 30.2 Å². The SMILES string of the molecule is CC(=O)OC1CCN(N=O)CC1. The molecule has 0 N–H and O–H groups in total. The van der Waals surface area contributed by atoms with E-state index in [0.717, 1.165) is 0 Å². The smallest absolute Gasteiger partial charge is 0.302 e. The number of ether oxygens (including phenoxy) is 1. The molecule has 0 amide bonds. The lowest BCUT2D eigenvalue weighted by atomic mass is 10.1. The fourth-order valence-corrected chi connectivity index (χ4v) is 1.28. The summed E-state index contributed by atoms with van der Waals surface area (Å²) < 4.78 is 4.97. The summed E-state index contributed by atoms with van der Waals surface area (Å²) in [7, 11) is 0. The summed E-state index contributed by atoms with van der Waals surface area (Å²) in [6.45, 7) is 2.56. The van der Waals surface area contributed by atoms with Gasteiger partial charge in [-0.25, -0.2) is 0 Å². The molecule has 1 saturated heterocycles. The van der Waals surface area contributed by atoms with E-state index >= 15 is 0 Å². The number of piperidine rings is 1. The molecule has 1 aliphatic rings. The summed E-state index contributed by atoms with van der Waals surface area (Å²) >= 11 is 0. The summed E-state index contributed by atoms with van der Waals surface area (Å²) in [6.07, 6.45) is 1.37. The average molecular weight is 172 g/mol. The number of carbonyl (C=O) groups is 1. The van der Waals surface area contributed by atoms with Crippen LogP contribution in [-0.2, 0) is 9.53 Å². The number of nitroso groups, excluding NO2 is 1. The average Bonchev–Trinajstić information content (AvgIpc) is 2.05. The van der Waals surface area contributed by atoms with Crippen molar-refractivity contribution in [2.45, 2.75) is 25.9 Å². The first-order chi connectivity index (χ1) is 5.72. The second kappa shape index (κ2) is 4.04. The third kappa shape index (κ3) is 2.48. The number of nitrogens with zero attached hydrogens (tertiary/aromatic N) is 2. The maximum absolute atomic E-state index is 10.5. The molecule has 0 saturated carbocycles. The minimum atomic E-state index is -0.257. The van der Waals surface area contributed by atoms with Gasteiger partial charge < -0.3 is 4.74 Å². The number of carbonyl (C=O) groups excluding carboxylic acids is 1. The van der Waals surface area contributed by atoms with E-state index in [-0.39, 0.29) is 12.1 Å². The molecule has 0 bridgehead atoms. The molecule has 0 radical (unpaired) electrons. The van der Waals surface area contributed by atoms with Gasteiger partial charge in [0, 0.05) is 32.9 Å². The number of hydrogen-bond acceptors (Lipinski definition) is 4. The van der Waals surface area contributed by atoms with Crippen LogP contribution in [0.3, 0.4) is 0 Å². The second-order valence-corrected chi connectivity index (χ2v) is 2.84. The third-order valence-electron chi connectivity index (χ3n) is 1.87. The Morgan fingerprint density at radius 1 is 1.50 bits per heavy atom. The van der Waals surface area contributed by atoms with Crippen molar-refractivity contribution in [2.75, 3.05) is 13.1 Å². The van der Waals surface area contributed by atoms with E-state index in [1.807, 2.05) is 0 Å². The Labute approximate surface area is 70.6 Å². The molecule has 0 aromatic heterocycles. The molecule has 0 aromatic carbocycles. The Kier molecular flexibility index (Phi) is 3.01. The summed E-state index contributed by atoms with van der Waals surface area (Å²) in [4.78, 5) is 20.6. The van der Waals surface area contributed by atoms with Crippen molar-refractivity contribution >= 4 is 5.97 Å². The highest BCUT2D eigenvalue weighted by Gasteiger charge is 2.20. The highest BCUT2D eigenvalue weighted by Crippen LogP contribution is 2.13. The lowest BCUT2D eigenvalue weighted by molar-refractivity contribution is -0.148. The molecular weight excluding hydrogens is 160 g/mol. The zero-order chi connectivity index (χ0) is 8.97. The topological polar surface area (TPSA) is 59.0 Å². The monoisotopic (exact) mass is 172 g/mol. The Bertz CT molecular complexity index is 175. The molecule has 68 valence electrons. The molecule has 1 fully saturated rings. The molecule has 1 heterocycles. The van der Waals surface area contributed by atoms with Crippen molar-refractivity contribution in [1.29, 1.82) is 0 Å².